The Kier molecular flexibility index (Phi) is 7.25. The molecular formula is C15H20O6. The first kappa shape index (κ1) is 17.0. The van der Waals surface area contributed by atoms with Gasteiger partial charge in [0.2, 0.25) is 0 Å². The summed E-state index contributed by atoms with van der Waals surface area (Å²) in [6.07, 6.45) is 1.57. The summed E-state index contributed by atoms with van der Waals surface area (Å²) < 4.78 is 15.4. The fourth-order valence-corrected chi connectivity index (χ4v) is 1.68. The zero-order valence-corrected chi connectivity index (χ0v) is 12.3. The van der Waals surface area contributed by atoms with Gasteiger partial charge in [0.1, 0.15) is 11.3 Å². The fourth-order valence-electron chi connectivity index (χ4n) is 1.68. The maximum Gasteiger partial charge on any atom is 0.341 e. The fraction of sp³-hybridized carbons (Fsp3) is 0.467. The van der Waals surface area contributed by atoms with Crippen molar-refractivity contribution in [3.05, 3.63) is 29.3 Å². The molecule has 0 aliphatic rings. The Morgan fingerprint density at radius 2 is 1.90 bits per heavy atom. The quantitative estimate of drug-likeness (QED) is 0.556. The maximum atomic E-state index is 11.8. The van der Waals surface area contributed by atoms with Crippen LogP contribution in [-0.4, -0.2) is 44.0 Å². The number of carboxylic acids is 1. The molecule has 0 aliphatic heterocycles. The van der Waals surface area contributed by atoms with E-state index in [1.165, 1.54) is 18.2 Å². The zero-order valence-electron chi connectivity index (χ0n) is 12.3. The van der Waals surface area contributed by atoms with Crippen LogP contribution in [0.2, 0.25) is 0 Å². The average Bonchev–Trinajstić information content (AvgIpc) is 2.47. The lowest BCUT2D eigenvalue weighted by molar-refractivity contribution is 0.0520. The van der Waals surface area contributed by atoms with Crippen LogP contribution in [0.1, 0.15) is 40.5 Å². The first-order valence-corrected chi connectivity index (χ1v) is 6.76. The SMILES string of the molecule is CCOC(=O)c1ccc(C(=O)O)cc1OCCCCOC. The third-order valence-electron chi connectivity index (χ3n) is 2.72. The molecule has 6 nitrogen and oxygen atoms in total. The monoisotopic (exact) mass is 296 g/mol. The highest BCUT2D eigenvalue weighted by atomic mass is 16.5. The van der Waals surface area contributed by atoms with E-state index >= 15 is 0 Å². The number of carbonyl (C=O) groups excluding carboxylic acids is 1. The second-order valence-corrected chi connectivity index (χ2v) is 4.28. The smallest absolute Gasteiger partial charge is 0.341 e. The Morgan fingerprint density at radius 3 is 2.52 bits per heavy atom. The normalized spacial score (nSPS) is 10.2. The van der Waals surface area contributed by atoms with Gasteiger partial charge in [-0.3, -0.25) is 0 Å². The first-order valence-electron chi connectivity index (χ1n) is 6.76. The first-order chi connectivity index (χ1) is 10.1. The van der Waals surface area contributed by atoms with E-state index in [-0.39, 0.29) is 23.5 Å². The van der Waals surface area contributed by atoms with Gasteiger partial charge in [-0.15, -0.1) is 0 Å². The van der Waals surface area contributed by atoms with Crippen molar-refractivity contribution >= 4 is 11.9 Å². The van der Waals surface area contributed by atoms with E-state index < -0.39 is 11.9 Å². The highest BCUT2D eigenvalue weighted by Gasteiger charge is 2.16. The number of unbranched alkanes of at least 4 members (excludes halogenated alkanes) is 1. The van der Waals surface area contributed by atoms with E-state index in [1.807, 2.05) is 0 Å². The predicted octanol–water partition coefficient (Wildman–Crippen LogP) is 2.37. The highest BCUT2D eigenvalue weighted by Crippen LogP contribution is 2.22. The Balaban J connectivity index is 2.81. The molecule has 1 N–H and O–H groups in total. The highest BCUT2D eigenvalue weighted by molar-refractivity contribution is 5.95. The van der Waals surface area contributed by atoms with E-state index in [0.29, 0.717) is 13.2 Å². The van der Waals surface area contributed by atoms with Crippen molar-refractivity contribution in [2.45, 2.75) is 19.8 Å². The molecule has 0 saturated carbocycles. The van der Waals surface area contributed by atoms with Gasteiger partial charge >= 0.3 is 11.9 Å². The molecule has 1 aromatic carbocycles. The largest absolute Gasteiger partial charge is 0.493 e. The Bertz CT molecular complexity index is 483. The Labute approximate surface area is 123 Å². The summed E-state index contributed by atoms with van der Waals surface area (Å²) in [7, 11) is 1.62. The van der Waals surface area contributed by atoms with Crippen LogP contribution in [-0.2, 0) is 9.47 Å². The van der Waals surface area contributed by atoms with Crippen molar-refractivity contribution < 1.29 is 28.9 Å². The Hall–Kier alpha value is -2.08. The molecule has 116 valence electrons. The van der Waals surface area contributed by atoms with Gasteiger partial charge in [-0.2, -0.15) is 0 Å². The Morgan fingerprint density at radius 1 is 1.19 bits per heavy atom. The number of methoxy groups -OCH3 is 1. The van der Waals surface area contributed by atoms with Crippen LogP contribution in [0.25, 0.3) is 0 Å². The molecule has 0 bridgehead atoms. The summed E-state index contributed by atoms with van der Waals surface area (Å²) in [4.78, 5) is 22.8. The van der Waals surface area contributed by atoms with Gasteiger partial charge < -0.3 is 19.3 Å². The summed E-state index contributed by atoms with van der Waals surface area (Å²) in [5.41, 5.74) is 0.295. The van der Waals surface area contributed by atoms with E-state index in [9.17, 15) is 9.59 Å². The van der Waals surface area contributed by atoms with Crippen molar-refractivity contribution in [2.75, 3.05) is 26.9 Å². The molecule has 0 heterocycles. The van der Waals surface area contributed by atoms with Crippen LogP contribution in [0.4, 0.5) is 0 Å². The number of carbonyl (C=O) groups is 2. The van der Waals surface area contributed by atoms with Crippen molar-refractivity contribution in [3.63, 3.8) is 0 Å². The molecule has 0 amide bonds. The summed E-state index contributed by atoms with van der Waals surface area (Å²) in [5, 5.41) is 9.00. The molecular weight excluding hydrogens is 276 g/mol. The summed E-state index contributed by atoms with van der Waals surface area (Å²) in [6.45, 7) is 2.95. The predicted molar refractivity (Wildman–Crippen MR) is 76.0 cm³/mol. The van der Waals surface area contributed by atoms with Crippen LogP contribution in [0.3, 0.4) is 0 Å². The number of ether oxygens (including phenoxy) is 3. The van der Waals surface area contributed by atoms with Gasteiger partial charge in [0.05, 0.1) is 18.8 Å². The minimum absolute atomic E-state index is 0.0648. The molecule has 0 saturated heterocycles. The van der Waals surface area contributed by atoms with Crippen LogP contribution < -0.4 is 4.74 Å². The standard InChI is InChI=1S/C15H20O6/c1-3-20-15(18)12-7-6-11(14(16)17)10-13(12)21-9-5-4-8-19-2/h6-7,10H,3-5,8-9H2,1-2H3,(H,16,17). The molecule has 0 radical (unpaired) electrons. The van der Waals surface area contributed by atoms with Gasteiger partial charge in [-0.05, 0) is 38.0 Å². The van der Waals surface area contributed by atoms with Gasteiger partial charge in [0.15, 0.2) is 0 Å². The summed E-state index contributed by atoms with van der Waals surface area (Å²) in [6, 6.07) is 4.10. The molecule has 0 aliphatic carbocycles. The number of carboxylic acid groups (broad SMARTS) is 1. The van der Waals surface area contributed by atoms with Crippen molar-refractivity contribution in [1.29, 1.82) is 0 Å². The van der Waals surface area contributed by atoms with E-state index in [1.54, 1.807) is 14.0 Å². The molecule has 1 rings (SSSR count). The minimum Gasteiger partial charge on any atom is -0.493 e. The van der Waals surface area contributed by atoms with Crippen molar-refractivity contribution in [3.8, 4) is 5.75 Å². The minimum atomic E-state index is -1.07. The third-order valence-corrected chi connectivity index (χ3v) is 2.72. The molecule has 21 heavy (non-hydrogen) atoms. The molecule has 0 fully saturated rings. The number of aromatic carboxylic acids is 1. The molecule has 1 aromatic rings. The summed E-state index contributed by atoms with van der Waals surface area (Å²) >= 11 is 0. The van der Waals surface area contributed by atoms with Crippen molar-refractivity contribution in [2.24, 2.45) is 0 Å². The van der Waals surface area contributed by atoms with Gasteiger partial charge in [0, 0.05) is 13.7 Å². The van der Waals surface area contributed by atoms with E-state index in [4.69, 9.17) is 19.3 Å². The number of benzene rings is 1. The van der Waals surface area contributed by atoms with Crippen LogP contribution in [0.15, 0.2) is 18.2 Å². The number of esters is 1. The second-order valence-electron chi connectivity index (χ2n) is 4.28. The molecule has 0 atom stereocenters. The van der Waals surface area contributed by atoms with Crippen LogP contribution in [0, 0.1) is 0 Å². The lowest BCUT2D eigenvalue weighted by atomic mass is 10.1. The topological polar surface area (TPSA) is 82.1 Å². The number of hydrogen-bond acceptors (Lipinski definition) is 5. The van der Waals surface area contributed by atoms with E-state index in [0.717, 1.165) is 12.8 Å². The lowest BCUT2D eigenvalue weighted by Crippen LogP contribution is -2.10. The third kappa shape index (κ3) is 5.43. The zero-order chi connectivity index (χ0) is 15.7. The van der Waals surface area contributed by atoms with Crippen LogP contribution in [0.5, 0.6) is 5.75 Å². The lowest BCUT2D eigenvalue weighted by Gasteiger charge is -2.11. The molecule has 6 heteroatoms. The number of hydrogen-bond donors (Lipinski definition) is 1. The average molecular weight is 296 g/mol. The molecule has 0 unspecified atom stereocenters. The van der Waals surface area contributed by atoms with Gasteiger partial charge in [0.25, 0.3) is 0 Å². The van der Waals surface area contributed by atoms with E-state index in [2.05, 4.69) is 0 Å². The van der Waals surface area contributed by atoms with Gasteiger partial charge in [-0.1, -0.05) is 0 Å². The van der Waals surface area contributed by atoms with Crippen molar-refractivity contribution in [1.82, 2.24) is 0 Å². The number of rotatable bonds is 9. The van der Waals surface area contributed by atoms with Crippen LogP contribution >= 0.6 is 0 Å². The maximum absolute atomic E-state index is 11.8. The molecule has 0 aromatic heterocycles. The molecule has 0 spiro atoms. The van der Waals surface area contributed by atoms with Gasteiger partial charge in [-0.25, -0.2) is 9.59 Å². The second kappa shape index (κ2) is 8.97. The summed E-state index contributed by atoms with van der Waals surface area (Å²) in [5.74, 6) is -1.37.